The van der Waals surface area contributed by atoms with Crippen LogP contribution < -0.4 is 4.74 Å². The molecule has 2 nitrogen and oxygen atoms in total. The number of unbranched alkanes of at least 4 members (excludes halogenated alkanes) is 1. The lowest BCUT2D eigenvalue weighted by Gasteiger charge is -2.20. The van der Waals surface area contributed by atoms with Crippen LogP contribution in [0.2, 0.25) is 0 Å². The zero-order chi connectivity index (χ0) is 23.1. The van der Waals surface area contributed by atoms with Crippen molar-refractivity contribution in [1.82, 2.24) is 0 Å². The van der Waals surface area contributed by atoms with Crippen LogP contribution in [-0.2, 0) is 25.4 Å². The number of benzene rings is 3. The second kappa shape index (κ2) is 10.7. The SMILES string of the molecule is CCc1cc(CCCCO)ccc1-c1ccc(OC(F)(F)c2ccc(C)cc2)cc1CC. The number of aryl methyl sites for hydroxylation is 4. The van der Waals surface area contributed by atoms with E-state index in [0.29, 0.717) is 6.42 Å². The number of alkyl halides is 2. The Morgan fingerprint density at radius 2 is 1.44 bits per heavy atom. The summed E-state index contributed by atoms with van der Waals surface area (Å²) in [5.74, 6) is 0.162. The summed E-state index contributed by atoms with van der Waals surface area (Å²) in [6.45, 7) is 6.23. The van der Waals surface area contributed by atoms with Crippen LogP contribution in [0.3, 0.4) is 0 Å². The van der Waals surface area contributed by atoms with Crippen LogP contribution in [0.4, 0.5) is 8.78 Å². The van der Waals surface area contributed by atoms with Gasteiger partial charge in [-0.2, -0.15) is 8.78 Å². The van der Waals surface area contributed by atoms with Gasteiger partial charge < -0.3 is 9.84 Å². The van der Waals surface area contributed by atoms with E-state index in [9.17, 15) is 8.78 Å². The Bertz CT molecular complexity index is 1030. The molecule has 4 heteroatoms. The maximum absolute atomic E-state index is 14.7. The fourth-order valence-corrected chi connectivity index (χ4v) is 3.94. The minimum absolute atomic E-state index is 0.157. The van der Waals surface area contributed by atoms with Crippen LogP contribution in [0.5, 0.6) is 5.75 Å². The van der Waals surface area contributed by atoms with Gasteiger partial charge in [-0.3, -0.25) is 0 Å². The largest absolute Gasteiger partial charge is 0.429 e. The first-order valence-corrected chi connectivity index (χ1v) is 11.4. The van der Waals surface area contributed by atoms with Gasteiger partial charge in [0, 0.05) is 6.61 Å². The summed E-state index contributed by atoms with van der Waals surface area (Å²) in [5, 5.41) is 9.01. The van der Waals surface area contributed by atoms with Crippen LogP contribution in [0, 0.1) is 6.92 Å². The maximum Gasteiger partial charge on any atom is 0.426 e. The third-order valence-electron chi connectivity index (χ3n) is 5.81. The van der Waals surface area contributed by atoms with E-state index in [0.717, 1.165) is 47.9 Å². The summed E-state index contributed by atoms with van der Waals surface area (Å²) in [7, 11) is 0. The second-order valence-electron chi connectivity index (χ2n) is 8.18. The van der Waals surface area contributed by atoms with Gasteiger partial charge in [0.25, 0.3) is 0 Å². The van der Waals surface area contributed by atoms with Gasteiger partial charge in [-0.05, 0) is 91.1 Å². The highest BCUT2D eigenvalue weighted by Crippen LogP contribution is 2.36. The Morgan fingerprint density at radius 1 is 0.812 bits per heavy atom. The van der Waals surface area contributed by atoms with Gasteiger partial charge in [0.15, 0.2) is 0 Å². The first-order chi connectivity index (χ1) is 15.4. The monoisotopic (exact) mass is 438 g/mol. The summed E-state index contributed by atoms with van der Waals surface area (Å²) < 4.78 is 34.5. The van der Waals surface area contributed by atoms with Gasteiger partial charge in [-0.1, -0.05) is 55.8 Å². The van der Waals surface area contributed by atoms with Crippen molar-refractivity contribution in [2.75, 3.05) is 6.61 Å². The van der Waals surface area contributed by atoms with Gasteiger partial charge in [-0.25, -0.2) is 0 Å². The third-order valence-corrected chi connectivity index (χ3v) is 5.81. The summed E-state index contributed by atoms with van der Waals surface area (Å²) in [6, 6.07) is 17.9. The molecule has 0 radical (unpaired) electrons. The quantitative estimate of drug-likeness (QED) is 0.338. The van der Waals surface area contributed by atoms with Gasteiger partial charge in [0.2, 0.25) is 0 Å². The van der Waals surface area contributed by atoms with E-state index in [1.54, 1.807) is 24.3 Å². The number of aliphatic hydroxyl groups is 1. The van der Waals surface area contributed by atoms with E-state index in [2.05, 4.69) is 25.1 Å². The smallest absolute Gasteiger partial charge is 0.426 e. The zero-order valence-electron chi connectivity index (χ0n) is 19.1. The number of hydrogen-bond acceptors (Lipinski definition) is 2. The van der Waals surface area contributed by atoms with Crippen molar-refractivity contribution in [1.29, 1.82) is 0 Å². The molecular formula is C28H32F2O2. The molecule has 3 rings (SSSR count). The molecule has 0 aliphatic heterocycles. The predicted molar refractivity (Wildman–Crippen MR) is 126 cm³/mol. The van der Waals surface area contributed by atoms with E-state index in [-0.39, 0.29) is 17.9 Å². The molecule has 0 atom stereocenters. The molecule has 0 amide bonds. The third kappa shape index (κ3) is 5.74. The number of rotatable bonds is 10. The standard InChI is InChI=1S/C28H32F2O2/c1-4-22-18-21(8-6-7-17-31)11-15-26(22)27-16-14-25(19-23(27)5-2)32-28(29,30)24-12-9-20(3)10-13-24/h9-16,18-19,31H,4-8,17H2,1-3H3. The fraction of sp³-hybridized carbons (Fsp3) is 0.357. The van der Waals surface area contributed by atoms with Crippen molar-refractivity contribution >= 4 is 0 Å². The lowest BCUT2D eigenvalue weighted by molar-refractivity contribution is -0.185. The van der Waals surface area contributed by atoms with Gasteiger partial charge in [0.1, 0.15) is 5.75 Å². The van der Waals surface area contributed by atoms with Crippen molar-refractivity contribution in [2.45, 2.75) is 59.0 Å². The topological polar surface area (TPSA) is 29.5 Å². The molecule has 3 aromatic carbocycles. The molecule has 0 unspecified atom stereocenters. The number of aliphatic hydroxyl groups excluding tert-OH is 1. The molecule has 0 spiro atoms. The Balaban J connectivity index is 1.87. The minimum Gasteiger partial charge on any atom is -0.429 e. The Kier molecular flexibility index (Phi) is 8.03. The van der Waals surface area contributed by atoms with Crippen LogP contribution in [-0.4, -0.2) is 11.7 Å². The van der Waals surface area contributed by atoms with Crippen molar-refractivity contribution in [3.8, 4) is 16.9 Å². The molecule has 170 valence electrons. The molecule has 0 heterocycles. The molecule has 32 heavy (non-hydrogen) atoms. The number of halogens is 2. The van der Waals surface area contributed by atoms with E-state index in [1.165, 1.54) is 23.3 Å². The zero-order valence-corrected chi connectivity index (χ0v) is 19.1. The van der Waals surface area contributed by atoms with Crippen molar-refractivity contribution in [2.24, 2.45) is 0 Å². The average molecular weight is 439 g/mol. The normalized spacial score (nSPS) is 11.6. The molecule has 0 aromatic heterocycles. The second-order valence-corrected chi connectivity index (χ2v) is 8.18. The minimum atomic E-state index is -3.40. The van der Waals surface area contributed by atoms with E-state index in [1.807, 2.05) is 19.9 Å². The van der Waals surface area contributed by atoms with Gasteiger partial charge >= 0.3 is 6.11 Å². The summed E-state index contributed by atoms with van der Waals surface area (Å²) in [4.78, 5) is 0. The summed E-state index contributed by atoms with van der Waals surface area (Å²) in [6.07, 6.45) is 0.902. The first kappa shape index (κ1) is 23.9. The number of hydrogen-bond donors (Lipinski definition) is 1. The average Bonchev–Trinajstić information content (AvgIpc) is 2.79. The van der Waals surface area contributed by atoms with Gasteiger partial charge in [0.05, 0.1) is 5.56 Å². The Morgan fingerprint density at radius 3 is 2.06 bits per heavy atom. The molecule has 3 aromatic rings. The molecular weight excluding hydrogens is 406 g/mol. The molecule has 0 aliphatic rings. The van der Waals surface area contributed by atoms with Crippen molar-refractivity contribution in [3.05, 3.63) is 88.5 Å². The lowest BCUT2D eigenvalue weighted by Crippen LogP contribution is -2.21. The van der Waals surface area contributed by atoms with Crippen LogP contribution in [0.1, 0.15) is 54.5 Å². The molecule has 0 saturated carbocycles. The summed E-state index contributed by atoms with van der Waals surface area (Å²) >= 11 is 0. The van der Waals surface area contributed by atoms with E-state index >= 15 is 0 Å². The van der Waals surface area contributed by atoms with Crippen LogP contribution in [0.15, 0.2) is 60.7 Å². The van der Waals surface area contributed by atoms with Crippen molar-refractivity contribution in [3.63, 3.8) is 0 Å². The molecule has 0 aliphatic carbocycles. The first-order valence-electron chi connectivity index (χ1n) is 11.4. The molecule has 0 saturated heterocycles. The predicted octanol–water partition coefficient (Wildman–Crippen LogP) is 7.23. The highest BCUT2D eigenvalue weighted by atomic mass is 19.3. The van der Waals surface area contributed by atoms with Crippen molar-refractivity contribution < 1.29 is 18.6 Å². The van der Waals surface area contributed by atoms with E-state index in [4.69, 9.17) is 9.84 Å². The molecule has 0 fully saturated rings. The summed E-state index contributed by atoms with van der Waals surface area (Å²) in [5.41, 5.74) is 6.42. The van der Waals surface area contributed by atoms with Gasteiger partial charge in [-0.15, -0.1) is 0 Å². The lowest BCUT2D eigenvalue weighted by atomic mass is 9.91. The maximum atomic E-state index is 14.7. The molecule has 1 N–H and O–H groups in total. The number of ether oxygens (including phenoxy) is 1. The molecule has 0 bridgehead atoms. The van der Waals surface area contributed by atoms with Crippen LogP contribution in [0.25, 0.3) is 11.1 Å². The van der Waals surface area contributed by atoms with Crippen LogP contribution >= 0.6 is 0 Å². The fourth-order valence-electron chi connectivity index (χ4n) is 3.94. The van der Waals surface area contributed by atoms with E-state index < -0.39 is 6.11 Å². The highest BCUT2D eigenvalue weighted by Gasteiger charge is 2.34. The highest BCUT2D eigenvalue weighted by molar-refractivity contribution is 5.72. The Hall–Kier alpha value is -2.72. The Labute approximate surface area is 189 Å².